The molecule has 0 heterocycles. The Labute approximate surface area is 123 Å². The predicted molar refractivity (Wildman–Crippen MR) is 79.8 cm³/mol. The minimum Gasteiger partial charge on any atom is -0.493 e. The summed E-state index contributed by atoms with van der Waals surface area (Å²) in [5.74, 6) is 6.44. The summed E-state index contributed by atoms with van der Waals surface area (Å²) in [6.07, 6.45) is 0. The number of hydrazine groups is 1. The molecule has 0 aliphatic carbocycles. The molecule has 0 spiro atoms. The zero-order chi connectivity index (χ0) is 15.4. The number of ether oxygens (including phenoxy) is 2. The lowest BCUT2D eigenvalue weighted by molar-refractivity contribution is 0.348. The Bertz CT molecular complexity index is 632. The van der Waals surface area contributed by atoms with Gasteiger partial charge in [-0.3, -0.25) is 5.84 Å². The first-order chi connectivity index (χ1) is 10.1. The van der Waals surface area contributed by atoms with Crippen molar-refractivity contribution in [3.8, 4) is 11.5 Å². The van der Waals surface area contributed by atoms with Crippen molar-refractivity contribution >= 4 is 0 Å². The molecule has 0 aromatic heterocycles. The highest BCUT2D eigenvalue weighted by molar-refractivity contribution is 5.51. The highest BCUT2D eigenvalue weighted by Crippen LogP contribution is 2.37. The van der Waals surface area contributed by atoms with Crippen LogP contribution in [0.5, 0.6) is 11.5 Å². The zero-order valence-corrected chi connectivity index (χ0v) is 12.3. The van der Waals surface area contributed by atoms with E-state index in [1.54, 1.807) is 32.4 Å². The largest absolute Gasteiger partial charge is 0.493 e. The van der Waals surface area contributed by atoms with Crippen molar-refractivity contribution in [3.63, 3.8) is 0 Å². The van der Waals surface area contributed by atoms with Gasteiger partial charge in [-0.15, -0.1) is 0 Å². The number of para-hydroxylation sites is 1. The minimum absolute atomic E-state index is 0.326. The van der Waals surface area contributed by atoms with Gasteiger partial charge in [-0.2, -0.15) is 0 Å². The fourth-order valence-electron chi connectivity index (χ4n) is 2.37. The summed E-state index contributed by atoms with van der Waals surface area (Å²) >= 11 is 0. The summed E-state index contributed by atoms with van der Waals surface area (Å²) in [4.78, 5) is 0. The van der Waals surface area contributed by atoms with E-state index in [0.717, 1.165) is 5.56 Å². The Morgan fingerprint density at radius 3 is 2.48 bits per heavy atom. The molecule has 2 aromatic carbocycles. The smallest absolute Gasteiger partial charge is 0.165 e. The topological polar surface area (TPSA) is 56.5 Å². The van der Waals surface area contributed by atoms with Gasteiger partial charge < -0.3 is 9.47 Å². The third-order valence-corrected chi connectivity index (χ3v) is 3.37. The van der Waals surface area contributed by atoms with Crippen LogP contribution >= 0.6 is 0 Å². The lowest BCUT2D eigenvalue weighted by atomic mass is 9.96. The SMILES string of the molecule is COc1cccc(C(NN)c2cc(C)ccc2F)c1OC. The number of nitrogens with one attached hydrogen (secondary N) is 1. The van der Waals surface area contributed by atoms with Gasteiger partial charge in [-0.25, -0.2) is 9.82 Å². The molecule has 2 aromatic rings. The Hall–Kier alpha value is -2.11. The van der Waals surface area contributed by atoms with Crippen LogP contribution in [-0.4, -0.2) is 14.2 Å². The molecule has 0 saturated heterocycles. The lowest BCUT2D eigenvalue weighted by Gasteiger charge is -2.21. The van der Waals surface area contributed by atoms with Gasteiger partial charge in [0, 0.05) is 11.1 Å². The van der Waals surface area contributed by atoms with Crippen molar-refractivity contribution in [2.24, 2.45) is 5.84 Å². The number of nitrogens with two attached hydrogens (primary N) is 1. The molecule has 0 bridgehead atoms. The van der Waals surface area contributed by atoms with Crippen LogP contribution < -0.4 is 20.7 Å². The zero-order valence-electron chi connectivity index (χ0n) is 12.3. The molecule has 0 saturated carbocycles. The molecule has 0 fully saturated rings. The molecule has 112 valence electrons. The number of methoxy groups -OCH3 is 2. The van der Waals surface area contributed by atoms with Crippen molar-refractivity contribution in [2.45, 2.75) is 13.0 Å². The van der Waals surface area contributed by atoms with E-state index in [9.17, 15) is 4.39 Å². The molecule has 1 atom stereocenters. The van der Waals surface area contributed by atoms with Crippen molar-refractivity contribution in [2.75, 3.05) is 14.2 Å². The monoisotopic (exact) mass is 290 g/mol. The molecule has 0 radical (unpaired) electrons. The second kappa shape index (κ2) is 6.56. The lowest BCUT2D eigenvalue weighted by Crippen LogP contribution is -2.30. The molecular weight excluding hydrogens is 271 g/mol. The number of halogens is 1. The second-order valence-electron chi connectivity index (χ2n) is 4.71. The fourth-order valence-corrected chi connectivity index (χ4v) is 2.37. The molecule has 0 amide bonds. The molecular formula is C16H19FN2O2. The first kappa shape index (κ1) is 15.3. The van der Waals surface area contributed by atoms with E-state index in [2.05, 4.69) is 5.43 Å². The maximum Gasteiger partial charge on any atom is 0.165 e. The minimum atomic E-state index is -0.532. The average molecular weight is 290 g/mol. The fraction of sp³-hybridized carbons (Fsp3) is 0.250. The van der Waals surface area contributed by atoms with E-state index in [4.69, 9.17) is 15.3 Å². The van der Waals surface area contributed by atoms with Crippen LogP contribution in [0.4, 0.5) is 4.39 Å². The Morgan fingerprint density at radius 2 is 1.86 bits per heavy atom. The Morgan fingerprint density at radius 1 is 1.10 bits per heavy atom. The molecule has 0 aliphatic rings. The number of benzene rings is 2. The normalized spacial score (nSPS) is 12.0. The Balaban J connectivity index is 2.59. The quantitative estimate of drug-likeness (QED) is 0.656. The van der Waals surface area contributed by atoms with Crippen LogP contribution in [0.2, 0.25) is 0 Å². The molecule has 5 heteroatoms. The molecule has 2 rings (SSSR count). The van der Waals surface area contributed by atoms with E-state index in [0.29, 0.717) is 22.6 Å². The second-order valence-corrected chi connectivity index (χ2v) is 4.71. The average Bonchev–Trinajstić information content (AvgIpc) is 2.51. The van der Waals surface area contributed by atoms with E-state index in [-0.39, 0.29) is 5.82 Å². The van der Waals surface area contributed by atoms with Crippen LogP contribution in [0.25, 0.3) is 0 Å². The molecule has 1 unspecified atom stereocenters. The summed E-state index contributed by atoms with van der Waals surface area (Å²) < 4.78 is 24.8. The van der Waals surface area contributed by atoms with Gasteiger partial charge in [0.05, 0.1) is 20.3 Å². The number of hydrogen-bond donors (Lipinski definition) is 2. The van der Waals surface area contributed by atoms with Crippen molar-refractivity contribution < 1.29 is 13.9 Å². The van der Waals surface area contributed by atoms with Crippen LogP contribution in [-0.2, 0) is 0 Å². The van der Waals surface area contributed by atoms with Crippen molar-refractivity contribution in [3.05, 3.63) is 58.9 Å². The summed E-state index contributed by atoms with van der Waals surface area (Å²) in [6.45, 7) is 1.90. The first-order valence-corrected chi connectivity index (χ1v) is 6.55. The summed E-state index contributed by atoms with van der Waals surface area (Å²) in [6, 6.07) is 9.80. The third kappa shape index (κ3) is 2.99. The summed E-state index contributed by atoms with van der Waals surface area (Å²) in [5.41, 5.74) is 4.78. The van der Waals surface area contributed by atoms with Gasteiger partial charge in [-0.05, 0) is 19.1 Å². The highest BCUT2D eigenvalue weighted by Gasteiger charge is 2.22. The molecule has 0 aliphatic heterocycles. The van der Waals surface area contributed by atoms with Crippen LogP contribution in [0.3, 0.4) is 0 Å². The van der Waals surface area contributed by atoms with Gasteiger partial charge in [0.2, 0.25) is 0 Å². The van der Waals surface area contributed by atoms with E-state index >= 15 is 0 Å². The van der Waals surface area contributed by atoms with Gasteiger partial charge in [0.25, 0.3) is 0 Å². The maximum atomic E-state index is 14.1. The standard InChI is InChI=1S/C16H19FN2O2/c1-10-7-8-13(17)12(9-10)15(19-18)11-5-4-6-14(20-2)16(11)21-3/h4-9,15,19H,18H2,1-3H3. The first-order valence-electron chi connectivity index (χ1n) is 6.55. The van der Waals surface area contributed by atoms with Gasteiger partial charge in [0.1, 0.15) is 5.82 Å². The summed E-state index contributed by atoms with van der Waals surface area (Å²) in [5, 5.41) is 0. The van der Waals surface area contributed by atoms with E-state index in [1.807, 2.05) is 19.1 Å². The third-order valence-electron chi connectivity index (χ3n) is 3.37. The molecule has 4 nitrogen and oxygen atoms in total. The van der Waals surface area contributed by atoms with Gasteiger partial charge in [-0.1, -0.05) is 29.8 Å². The van der Waals surface area contributed by atoms with Gasteiger partial charge >= 0.3 is 0 Å². The number of aryl methyl sites for hydroxylation is 1. The summed E-state index contributed by atoms with van der Waals surface area (Å²) in [7, 11) is 3.10. The number of rotatable bonds is 5. The van der Waals surface area contributed by atoms with Crippen LogP contribution in [0, 0.1) is 12.7 Å². The van der Waals surface area contributed by atoms with E-state index in [1.165, 1.54) is 6.07 Å². The maximum absolute atomic E-state index is 14.1. The van der Waals surface area contributed by atoms with Crippen LogP contribution in [0.1, 0.15) is 22.7 Å². The molecule has 3 N–H and O–H groups in total. The molecule has 21 heavy (non-hydrogen) atoms. The van der Waals surface area contributed by atoms with Crippen molar-refractivity contribution in [1.29, 1.82) is 0 Å². The number of hydrogen-bond acceptors (Lipinski definition) is 4. The van der Waals surface area contributed by atoms with Gasteiger partial charge in [0.15, 0.2) is 11.5 Å². The predicted octanol–water partition coefficient (Wildman–Crippen LogP) is 2.70. The highest BCUT2D eigenvalue weighted by atomic mass is 19.1. The van der Waals surface area contributed by atoms with Crippen LogP contribution in [0.15, 0.2) is 36.4 Å². The van der Waals surface area contributed by atoms with E-state index < -0.39 is 6.04 Å². The van der Waals surface area contributed by atoms with Crippen molar-refractivity contribution in [1.82, 2.24) is 5.43 Å². The Kier molecular flexibility index (Phi) is 4.77.